The molecule has 126 valence electrons. The predicted octanol–water partition coefficient (Wildman–Crippen LogP) is 1.85. The van der Waals surface area contributed by atoms with E-state index in [0.29, 0.717) is 25.6 Å². The van der Waals surface area contributed by atoms with E-state index < -0.39 is 10.2 Å². The van der Waals surface area contributed by atoms with Gasteiger partial charge in [-0.15, -0.1) is 12.4 Å². The molecule has 2 rings (SSSR count). The number of piperidine rings is 2. The second kappa shape index (κ2) is 8.67. The number of hydrogen-bond donors (Lipinski definition) is 1. The van der Waals surface area contributed by atoms with Crippen molar-refractivity contribution < 1.29 is 8.42 Å². The lowest BCUT2D eigenvalue weighted by atomic mass is 9.98. The number of nitrogens with zero attached hydrogens (tertiary/aromatic N) is 2. The number of nitrogens with one attached hydrogen (secondary N) is 1. The van der Waals surface area contributed by atoms with Gasteiger partial charge in [-0.3, -0.25) is 0 Å². The number of hydrogen-bond acceptors (Lipinski definition) is 3. The predicted molar refractivity (Wildman–Crippen MR) is 89.0 cm³/mol. The first-order chi connectivity index (χ1) is 9.55. The van der Waals surface area contributed by atoms with Gasteiger partial charge in [0.05, 0.1) is 0 Å². The Morgan fingerprint density at radius 2 is 1.76 bits per heavy atom. The lowest BCUT2D eigenvalue weighted by Gasteiger charge is -2.39. The van der Waals surface area contributed by atoms with Crippen LogP contribution in [-0.4, -0.2) is 55.8 Å². The van der Waals surface area contributed by atoms with Crippen LogP contribution in [0.25, 0.3) is 0 Å². The smallest absolute Gasteiger partial charge is 0.282 e. The van der Waals surface area contributed by atoms with Crippen molar-refractivity contribution in [3.05, 3.63) is 0 Å². The average Bonchev–Trinajstić information content (AvgIpc) is 2.46. The van der Waals surface area contributed by atoms with Crippen LogP contribution >= 0.6 is 12.4 Å². The Balaban J connectivity index is 0.00000220. The second-order valence-corrected chi connectivity index (χ2v) is 7.99. The van der Waals surface area contributed by atoms with Crippen molar-refractivity contribution in [1.29, 1.82) is 0 Å². The molecule has 5 nitrogen and oxygen atoms in total. The van der Waals surface area contributed by atoms with E-state index in [4.69, 9.17) is 0 Å². The summed E-state index contributed by atoms with van der Waals surface area (Å²) >= 11 is 0. The van der Waals surface area contributed by atoms with Crippen LogP contribution in [0.1, 0.15) is 46.0 Å². The summed E-state index contributed by atoms with van der Waals surface area (Å²) in [6.45, 7) is 8.21. The third-order valence-corrected chi connectivity index (χ3v) is 6.77. The molecular formula is C14H30ClN3O2S. The quantitative estimate of drug-likeness (QED) is 0.831. The molecule has 1 N–H and O–H groups in total. The monoisotopic (exact) mass is 339 g/mol. The van der Waals surface area contributed by atoms with Gasteiger partial charge in [0.25, 0.3) is 10.2 Å². The fourth-order valence-electron chi connectivity index (χ4n) is 3.26. The van der Waals surface area contributed by atoms with Crippen LogP contribution in [0, 0.1) is 5.92 Å². The number of rotatable bonds is 5. The van der Waals surface area contributed by atoms with Gasteiger partial charge in [-0.1, -0.05) is 13.3 Å². The van der Waals surface area contributed by atoms with E-state index in [1.807, 2.05) is 6.92 Å². The second-order valence-electron chi connectivity index (χ2n) is 6.11. The highest BCUT2D eigenvalue weighted by molar-refractivity contribution is 7.86. The van der Waals surface area contributed by atoms with E-state index in [1.54, 1.807) is 8.61 Å². The lowest BCUT2D eigenvalue weighted by Crippen LogP contribution is -2.52. The Morgan fingerprint density at radius 3 is 2.33 bits per heavy atom. The molecule has 1 unspecified atom stereocenters. The highest BCUT2D eigenvalue weighted by atomic mass is 35.5. The van der Waals surface area contributed by atoms with Gasteiger partial charge in [-0.25, -0.2) is 0 Å². The minimum Gasteiger partial charge on any atom is -0.317 e. The van der Waals surface area contributed by atoms with E-state index in [0.717, 1.165) is 45.2 Å². The standard InChI is InChI=1S/C14H29N3O2S.ClH/c1-3-15-12-14-7-10-16(11-8-14)20(18,19)17-9-5-4-6-13(17)2;/h13-15H,3-12H2,1-2H3;1H. The largest absolute Gasteiger partial charge is 0.317 e. The summed E-state index contributed by atoms with van der Waals surface area (Å²) in [5.41, 5.74) is 0. The van der Waals surface area contributed by atoms with E-state index in [1.165, 1.54) is 0 Å². The normalized spacial score (nSPS) is 26.5. The summed E-state index contributed by atoms with van der Waals surface area (Å²) < 4.78 is 28.8. The highest BCUT2D eigenvalue weighted by Gasteiger charge is 2.36. The van der Waals surface area contributed by atoms with Crippen LogP contribution in [-0.2, 0) is 10.2 Å². The maximum atomic E-state index is 12.7. The molecule has 2 aliphatic heterocycles. The van der Waals surface area contributed by atoms with Crippen LogP contribution in [0.2, 0.25) is 0 Å². The van der Waals surface area contributed by atoms with Crippen LogP contribution in [0.3, 0.4) is 0 Å². The van der Waals surface area contributed by atoms with Crippen LogP contribution < -0.4 is 5.32 Å². The van der Waals surface area contributed by atoms with E-state index in [9.17, 15) is 8.42 Å². The minimum atomic E-state index is -3.23. The zero-order valence-electron chi connectivity index (χ0n) is 13.3. The molecule has 0 aromatic carbocycles. The first-order valence-corrected chi connectivity index (χ1v) is 9.43. The summed E-state index contributed by atoms with van der Waals surface area (Å²) in [5, 5.41) is 3.36. The van der Waals surface area contributed by atoms with Crippen molar-refractivity contribution in [3.8, 4) is 0 Å². The topological polar surface area (TPSA) is 52.7 Å². The van der Waals surface area contributed by atoms with Gasteiger partial charge in [-0.2, -0.15) is 17.0 Å². The average molecular weight is 340 g/mol. The molecular weight excluding hydrogens is 310 g/mol. The molecule has 2 heterocycles. The maximum absolute atomic E-state index is 12.7. The van der Waals surface area contributed by atoms with Gasteiger partial charge in [0.1, 0.15) is 0 Å². The molecule has 2 saturated heterocycles. The van der Waals surface area contributed by atoms with Gasteiger partial charge in [0.15, 0.2) is 0 Å². The molecule has 2 fully saturated rings. The Labute approximate surface area is 136 Å². The minimum absolute atomic E-state index is 0. The van der Waals surface area contributed by atoms with Gasteiger partial charge in [-0.05, 0) is 51.6 Å². The Bertz CT molecular complexity index is 397. The molecule has 0 aromatic rings. The van der Waals surface area contributed by atoms with Gasteiger partial charge >= 0.3 is 0 Å². The van der Waals surface area contributed by atoms with Crippen molar-refractivity contribution >= 4 is 22.6 Å². The highest BCUT2D eigenvalue weighted by Crippen LogP contribution is 2.26. The summed E-state index contributed by atoms with van der Waals surface area (Å²) in [7, 11) is -3.23. The van der Waals surface area contributed by atoms with Gasteiger partial charge in [0.2, 0.25) is 0 Å². The zero-order chi connectivity index (χ0) is 14.6. The van der Waals surface area contributed by atoms with Crippen molar-refractivity contribution in [1.82, 2.24) is 13.9 Å². The fraction of sp³-hybridized carbons (Fsp3) is 1.00. The van der Waals surface area contributed by atoms with Crippen molar-refractivity contribution in [3.63, 3.8) is 0 Å². The van der Waals surface area contributed by atoms with E-state index in [2.05, 4.69) is 12.2 Å². The molecule has 7 heteroatoms. The summed E-state index contributed by atoms with van der Waals surface area (Å²) in [4.78, 5) is 0. The number of halogens is 1. The van der Waals surface area contributed by atoms with Crippen LogP contribution in [0.15, 0.2) is 0 Å². The van der Waals surface area contributed by atoms with Gasteiger partial charge < -0.3 is 5.32 Å². The first kappa shape index (κ1) is 19.2. The molecule has 0 aliphatic carbocycles. The SMILES string of the molecule is CCNCC1CCN(S(=O)(=O)N2CCCCC2C)CC1.Cl. The Hall–Kier alpha value is 0.120. The summed E-state index contributed by atoms with van der Waals surface area (Å²) in [6, 6.07) is 0.160. The lowest BCUT2D eigenvalue weighted by molar-refractivity contribution is 0.217. The third-order valence-electron chi connectivity index (χ3n) is 4.62. The molecule has 0 aromatic heterocycles. The van der Waals surface area contributed by atoms with Crippen LogP contribution in [0.4, 0.5) is 0 Å². The Kier molecular flexibility index (Phi) is 7.92. The summed E-state index contributed by atoms with van der Waals surface area (Å²) in [6.07, 6.45) is 5.11. The molecule has 2 aliphatic rings. The molecule has 0 spiro atoms. The molecule has 0 bridgehead atoms. The molecule has 0 radical (unpaired) electrons. The zero-order valence-corrected chi connectivity index (χ0v) is 14.9. The first-order valence-electron chi connectivity index (χ1n) is 8.03. The molecule has 0 amide bonds. The van der Waals surface area contributed by atoms with E-state index >= 15 is 0 Å². The molecule has 1 atom stereocenters. The summed E-state index contributed by atoms with van der Waals surface area (Å²) in [5.74, 6) is 0.625. The maximum Gasteiger partial charge on any atom is 0.282 e. The van der Waals surface area contributed by atoms with Crippen molar-refractivity contribution in [2.45, 2.75) is 52.0 Å². The fourth-order valence-corrected chi connectivity index (χ4v) is 5.14. The van der Waals surface area contributed by atoms with Crippen LogP contribution in [0.5, 0.6) is 0 Å². The molecule has 21 heavy (non-hydrogen) atoms. The van der Waals surface area contributed by atoms with Gasteiger partial charge in [0, 0.05) is 25.7 Å². The molecule has 0 saturated carbocycles. The van der Waals surface area contributed by atoms with Crippen molar-refractivity contribution in [2.24, 2.45) is 5.92 Å². The Morgan fingerprint density at radius 1 is 1.10 bits per heavy atom. The third kappa shape index (κ3) is 4.79. The van der Waals surface area contributed by atoms with Crippen molar-refractivity contribution in [2.75, 3.05) is 32.7 Å². The van der Waals surface area contributed by atoms with E-state index in [-0.39, 0.29) is 18.4 Å².